The number of hydrogen-bond acceptors (Lipinski definition) is 6. The van der Waals surface area contributed by atoms with Crippen molar-refractivity contribution in [3.8, 4) is 6.07 Å². The summed E-state index contributed by atoms with van der Waals surface area (Å²) in [6, 6.07) is 6.15. The molecule has 110 valence electrons. The molecule has 0 bridgehead atoms. The summed E-state index contributed by atoms with van der Waals surface area (Å²) in [5.74, 6) is -1.03. The maximum Gasteiger partial charge on any atom is 0.260 e. The fraction of sp³-hybridized carbons (Fsp3) is 0.357. The number of nitrogens with one attached hydrogen (secondary N) is 1. The predicted molar refractivity (Wildman–Crippen MR) is 85.9 cm³/mol. The molecule has 21 heavy (non-hydrogen) atoms. The van der Waals surface area contributed by atoms with Crippen LogP contribution in [0.5, 0.6) is 0 Å². The Balaban J connectivity index is 2.39. The Morgan fingerprint density at radius 2 is 2.38 bits per heavy atom. The van der Waals surface area contributed by atoms with E-state index in [1.165, 1.54) is 22.7 Å². The van der Waals surface area contributed by atoms with E-state index in [9.17, 15) is 10.1 Å². The van der Waals surface area contributed by atoms with Crippen molar-refractivity contribution in [2.75, 3.05) is 11.9 Å². The van der Waals surface area contributed by atoms with Crippen LogP contribution in [0, 0.1) is 11.3 Å². The molecule has 5 nitrogen and oxygen atoms in total. The topological polar surface area (TPSA) is 91.8 Å². The van der Waals surface area contributed by atoms with Gasteiger partial charge in [0.05, 0.1) is 17.7 Å². The fourth-order valence-corrected chi connectivity index (χ4v) is 3.96. The van der Waals surface area contributed by atoms with Crippen LogP contribution in [0.25, 0.3) is 0 Å². The minimum atomic E-state index is -0.499. The monoisotopic (exact) mass is 320 g/mol. The van der Waals surface area contributed by atoms with Crippen molar-refractivity contribution in [1.82, 2.24) is 4.98 Å². The molecule has 0 aliphatic heterocycles. The lowest BCUT2D eigenvalue weighted by Gasteiger charge is -2.15. The zero-order valence-electron chi connectivity index (χ0n) is 11.8. The third kappa shape index (κ3) is 3.23. The van der Waals surface area contributed by atoms with E-state index in [4.69, 9.17) is 5.73 Å². The summed E-state index contributed by atoms with van der Waals surface area (Å²) in [7, 11) is 0. The lowest BCUT2D eigenvalue weighted by molar-refractivity contribution is 0.100. The number of nitriles is 1. The van der Waals surface area contributed by atoms with Gasteiger partial charge in [-0.1, -0.05) is 24.3 Å². The highest BCUT2D eigenvalue weighted by Crippen LogP contribution is 2.38. The van der Waals surface area contributed by atoms with Gasteiger partial charge in [0.1, 0.15) is 4.88 Å². The SMILES string of the molecule is CCNc1nc(C(C)C(C#N)c2cccs2)c(C(N)=O)s1. The summed E-state index contributed by atoms with van der Waals surface area (Å²) in [5.41, 5.74) is 6.05. The molecule has 0 radical (unpaired) electrons. The Morgan fingerprint density at radius 1 is 1.62 bits per heavy atom. The minimum absolute atomic E-state index is 0.195. The molecule has 0 saturated heterocycles. The van der Waals surface area contributed by atoms with Gasteiger partial charge in [-0.05, 0) is 18.4 Å². The normalized spacial score (nSPS) is 13.4. The highest BCUT2D eigenvalue weighted by Gasteiger charge is 2.28. The average Bonchev–Trinajstić information content (AvgIpc) is 3.09. The molecule has 2 aromatic rings. The molecule has 2 rings (SSSR count). The Kier molecular flexibility index (Phi) is 4.94. The van der Waals surface area contributed by atoms with Crippen LogP contribution in [0.1, 0.15) is 45.9 Å². The second-order valence-electron chi connectivity index (χ2n) is 4.54. The van der Waals surface area contributed by atoms with Gasteiger partial charge in [0, 0.05) is 17.3 Å². The van der Waals surface area contributed by atoms with Crippen LogP contribution in [0.4, 0.5) is 5.13 Å². The Bertz CT molecular complexity index is 657. The maximum absolute atomic E-state index is 11.6. The summed E-state index contributed by atoms with van der Waals surface area (Å²) in [6.07, 6.45) is 0. The van der Waals surface area contributed by atoms with Crippen LogP contribution in [0.15, 0.2) is 17.5 Å². The van der Waals surface area contributed by atoms with Crippen molar-refractivity contribution in [2.24, 2.45) is 5.73 Å². The van der Waals surface area contributed by atoms with Crippen molar-refractivity contribution >= 4 is 33.7 Å². The summed E-state index contributed by atoms with van der Waals surface area (Å²) >= 11 is 2.77. The third-order valence-electron chi connectivity index (χ3n) is 3.13. The molecular formula is C14H16N4OS2. The Hall–Kier alpha value is -1.91. The third-order valence-corrected chi connectivity index (χ3v) is 5.12. The van der Waals surface area contributed by atoms with Gasteiger partial charge in [0.25, 0.3) is 5.91 Å². The molecule has 0 spiro atoms. The zero-order chi connectivity index (χ0) is 15.4. The number of amides is 1. The number of primary amides is 1. The van der Waals surface area contributed by atoms with Gasteiger partial charge < -0.3 is 11.1 Å². The first kappa shape index (κ1) is 15.5. The molecule has 0 aliphatic carbocycles. The van der Waals surface area contributed by atoms with Crippen LogP contribution >= 0.6 is 22.7 Å². The van der Waals surface area contributed by atoms with E-state index in [0.717, 1.165) is 4.88 Å². The van der Waals surface area contributed by atoms with Gasteiger partial charge in [-0.25, -0.2) is 4.98 Å². The van der Waals surface area contributed by atoms with Crippen LogP contribution in [-0.4, -0.2) is 17.4 Å². The first-order valence-corrected chi connectivity index (χ1v) is 8.25. The van der Waals surface area contributed by atoms with E-state index in [1.807, 2.05) is 31.4 Å². The number of rotatable bonds is 6. The van der Waals surface area contributed by atoms with Crippen molar-refractivity contribution in [3.63, 3.8) is 0 Å². The fourth-order valence-electron chi connectivity index (χ4n) is 2.09. The molecule has 3 N–H and O–H groups in total. The van der Waals surface area contributed by atoms with Crippen LogP contribution < -0.4 is 11.1 Å². The van der Waals surface area contributed by atoms with E-state index >= 15 is 0 Å². The number of aromatic nitrogens is 1. The summed E-state index contributed by atoms with van der Waals surface area (Å²) in [6.45, 7) is 4.58. The number of thiophene rings is 1. The number of hydrogen-bond donors (Lipinski definition) is 2. The molecule has 2 aromatic heterocycles. The van der Waals surface area contributed by atoms with Crippen LogP contribution in [0.2, 0.25) is 0 Å². The second kappa shape index (κ2) is 6.70. The number of nitrogens with zero attached hydrogens (tertiary/aromatic N) is 2. The molecule has 0 aliphatic rings. The lowest BCUT2D eigenvalue weighted by Crippen LogP contribution is -2.15. The molecule has 0 aromatic carbocycles. The zero-order valence-corrected chi connectivity index (χ0v) is 13.4. The van der Waals surface area contributed by atoms with Crippen molar-refractivity contribution in [3.05, 3.63) is 33.0 Å². The highest BCUT2D eigenvalue weighted by molar-refractivity contribution is 7.17. The van der Waals surface area contributed by atoms with Gasteiger partial charge in [-0.15, -0.1) is 11.3 Å². The first-order chi connectivity index (χ1) is 10.1. The molecule has 7 heteroatoms. The van der Waals surface area contributed by atoms with Crippen molar-refractivity contribution < 1.29 is 4.79 Å². The van der Waals surface area contributed by atoms with Gasteiger partial charge >= 0.3 is 0 Å². The number of carbonyl (C=O) groups is 1. The number of carbonyl (C=O) groups excluding carboxylic acids is 1. The first-order valence-electron chi connectivity index (χ1n) is 6.55. The summed E-state index contributed by atoms with van der Waals surface area (Å²) < 4.78 is 0. The predicted octanol–water partition coefficient (Wildman–Crippen LogP) is 3.15. The van der Waals surface area contributed by atoms with Gasteiger partial charge in [0.15, 0.2) is 5.13 Å². The smallest absolute Gasteiger partial charge is 0.260 e. The molecule has 2 heterocycles. The molecule has 1 amide bonds. The van der Waals surface area contributed by atoms with Gasteiger partial charge in [-0.2, -0.15) is 5.26 Å². The van der Waals surface area contributed by atoms with E-state index in [-0.39, 0.29) is 11.8 Å². The van der Waals surface area contributed by atoms with E-state index in [2.05, 4.69) is 16.4 Å². The van der Waals surface area contributed by atoms with Crippen molar-refractivity contribution in [2.45, 2.75) is 25.7 Å². The number of thiazole rings is 1. The van der Waals surface area contributed by atoms with E-state index < -0.39 is 5.91 Å². The molecule has 0 fully saturated rings. The average molecular weight is 320 g/mol. The molecule has 0 saturated carbocycles. The minimum Gasteiger partial charge on any atom is -0.365 e. The maximum atomic E-state index is 11.6. The summed E-state index contributed by atoms with van der Waals surface area (Å²) in [5, 5.41) is 15.2. The van der Waals surface area contributed by atoms with E-state index in [0.29, 0.717) is 22.2 Å². The number of anilines is 1. The van der Waals surface area contributed by atoms with Crippen LogP contribution in [0.3, 0.4) is 0 Å². The Morgan fingerprint density at radius 3 is 2.90 bits per heavy atom. The van der Waals surface area contributed by atoms with Gasteiger partial charge in [0.2, 0.25) is 0 Å². The van der Waals surface area contributed by atoms with Crippen LogP contribution in [-0.2, 0) is 0 Å². The number of nitrogens with two attached hydrogens (primary N) is 1. The van der Waals surface area contributed by atoms with Gasteiger partial charge in [-0.3, -0.25) is 4.79 Å². The molecular weight excluding hydrogens is 304 g/mol. The van der Waals surface area contributed by atoms with Crippen molar-refractivity contribution in [1.29, 1.82) is 5.26 Å². The lowest BCUT2D eigenvalue weighted by atomic mass is 9.90. The molecule has 2 unspecified atom stereocenters. The summed E-state index contributed by atoms with van der Waals surface area (Å²) in [4.78, 5) is 17.5. The molecule has 2 atom stereocenters. The largest absolute Gasteiger partial charge is 0.365 e. The van der Waals surface area contributed by atoms with E-state index in [1.54, 1.807) is 0 Å². The second-order valence-corrected chi connectivity index (χ2v) is 6.52. The Labute approximate surface area is 131 Å². The highest BCUT2D eigenvalue weighted by atomic mass is 32.1. The quantitative estimate of drug-likeness (QED) is 0.855. The standard InChI is InChI=1S/C14H16N4OS2/c1-3-17-14-18-11(12(21-14)13(16)19)8(2)9(7-15)10-5-4-6-20-10/h4-6,8-9H,3H2,1-2H3,(H2,16,19)(H,17,18).